The Bertz CT molecular complexity index is 31.9. The molecule has 0 radical (unpaired) electrons. The van der Waals surface area contributed by atoms with Gasteiger partial charge < -0.3 is 5.84 Å². The molecule has 0 aliphatic heterocycles. The van der Waals surface area contributed by atoms with Crippen LogP contribution in [0.3, 0.4) is 0 Å². The minimum Gasteiger partial charge on any atom is -0.324 e. The van der Waals surface area contributed by atoms with Gasteiger partial charge in [0, 0.05) is 6.21 Å². The van der Waals surface area contributed by atoms with Gasteiger partial charge in [-0.15, -0.1) is 0 Å². The molecule has 0 saturated carbocycles. The number of rotatable bonds is 1. The summed E-state index contributed by atoms with van der Waals surface area (Å²) >= 11 is 0. The summed E-state index contributed by atoms with van der Waals surface area (Å²) in [4.78, 5) is 0. The summed E-state index contributed by atoms with van der Waals surface area (Å²) in [7, 11) is 0. The van der Waals surface area contributed by atoms with Crippen LogP contribution < -0.4 is 5.84 Å². The number of hydrazone groups is 1. The van der Waals surface area contributed by atoms with Crippen LogP contribution in [0.5, 0.6) is 0 Å². The van der Waals surface area contributed by atoms with Crippen molar-refractivity contribution in [3.05, 3.63) is 0 Å². The third-order valence-corrected chi connectivity index (χ3v) is 0.288. The van der Waals surface area contributed by atoms with E-state index >= 15 is 0 Å². The van der Waals surface area contributed by atoms with E-state index in [4.69, 9.17) is 5.84 Å². The molecule has 0 fully saturated rings. The van der Waals surface area contributed by atoms with Crippen molar-refractivity contribution in [3.63, 3.8) is 0 Å². The highest BCUT2D eigenvalue weighted by Gasteiger charge is 1.53. The van der Waals surface area contributed by atoms with E-state index in [0.29, 0.717) is 0 Å². The van der Waals surface area contributed by atoms with Crippen LogP contribution in [0.25, 0.3) is 0 Å². The molecule has 0 aliphatic rings. The van der Waals surface area contributed by atoms with E-state index in [1.807, 2.05) is 6.92 Å². The van der Waals surface area contributed by atoms with Crippen molar-refractivity contribution in [1.82, 2.24) is 0 Å². The van der Waals surface area contributed by atoms with Gasteiger partial charge in [0.25, 0.3) is 0 Å². The van der Waals surface area contributed by atoms with Crippen LogP contribution in [-0.2, 0) is 0 Å². The van der Waals surface area contributed by atoms with Crippen molar-refractivity contribution < 1.29 is 0 Å². The number of nitrogens with zero attached hydrogens (tertiary/aromatic N) is 1. The summed E-state index contributed by atoms with van der Waals surface area (Å²) in [5.41, 5.74) is 0. The first-order valence-electron chi connectivity index (χ1n) is 1.63. The van der Waals surface area contributed by atoms with Gasteiger partial charge >= 0.3 is 0 Å². The molecule has 0 unspecified atom stereocenters. The lowest BCUT2D eigenvalue weighted by atomic mass is 10.6. The molecule has 0 aliphatic carbocycles. The Kier molecular flexibility index (Phi) is 3.10. The fourth-order valence-electron chi connectivity index (χ4n) is 0.105. The Morgan fingerprint density at radius 1 is 2.00 bits per heavy atom. The average molecular weight is 72.1 g/mol. The predicted molar refractivity (Wildman–Crippen MR) is 23.0 cm³/mol. The van der Waals surface area contributed by atoms with Crippen molar-refractivity contribution in [3.8, 4) is 0 Å². The Labute approximate surface area is 31.7 Å². The Morgan fingerprint density at radius 2 is 2.60 bits per heavy atom. The van der Waals surface area contributed by atoms with Gasteiger partial charge in [-0.05, 0) is 6.42 Å². The van der Waals surface area contributed by atoms with Gasteiger partial charge in [0.05, 0.1) is 0 Å². The van der Waals surface area contributed by atoms with Crippen LogP contribution in [-0.4, -0.2) is 6.21 Å². The molecule has 0 heterocycles. The van der Waals surface area contributed by atoms with E-state index in [1.165, 1.54) is 0 Å². The quantitative estimate of drug-likeness (QED) is 0.271. The fraction of sp³-hybridized carbons (Fsp3) is 0.667. The highest BCUT2D eigenvalue weighted by molar-refractivity contribution is 5.55. The van der Waals surface area contributed by atoms with Crippen LogP contribution >= 0.6 is 0 Å². The van der Waals surface area contributed by atoms with Crippen molar-refractivity contribution in [2.75, 3.05) is 0 Å². The predicted octanol–water partition coefficient (Wildman–Crippen LogP) is 0.341. The highest BCUT2D eigenvalue weighted by Crippen LogP contribution is 1.58. The normalized spacial score (nSPS) is 9.80. The van der Waals surface area contributed by atoms with Crippen LogP contribution in [0, 0.1) is 0 Å². The van der Waals surface area contributed by atoms with Crippen LogP contribution in [0.2, 0.25) is 0 Å². The monoisotopic (exact) mass is 72.1 g/mol. The average Bonchev–Trinajstić information content (AvgIpc) is 1.41. The maximum atomic E-state index is 4.71. The zero-order valence-corrected chi connectivity index (χ0v) is 3.31. The summed E-state index contributed by atoms with van der Waals surface area (Å²) in [6.07, 6.45) is 2.58. The molecule has 0 aromatic heterocycles. The van der Waals surface area contributed by atoms with Gasteiger partial charge in [-0.3, -0.25) is 0 Å². The zero-order chi connectivity index (χ0) is 4.12. The molecule has 2 heteroatoms. The molecule has 0 bridgehead atoms. The zero-order valence-electron chi connectivity index (χ0n) is 3.31. The van der Waals surface area contributed by atoms with E-state index < -0.39 is 0 Å². The Morgan fingerprint density at radius 3 is 2.60 bits per heavy atom. The molecular weight excluding hydrogens is 64.0 g/mol. The summed E-state index contributed by atoms with van der Waals surface area (Å²) in [6.45, 7) is 1.98. The van der Waals surface area contributed by atoms with Gasteiger partial charge in [0.1, 0.15) is 0 Å². The summed E-state index contributed by atoms with van der Waals surface area (Å²) in [5, 5.41) is 3.23. The van der Waals surface area contributed by atoms with E-state index in [9.17, 15) is 0 Å². The molecule has 0 aromatic carbocycles. The SMILES string of the molecule is CC/C=N/N. The lowest BCUT2D eigenvalue weighted by molar-refractivity contribution is 1.21. The first kappa shape index (κ1) is 4.47. The number of hydrogen-bond donors (Lipinski definition) is 1. The molecule has 2 nitrogen and oxygen atoms in total. The second-order valence-corrected chi connectivity index (χ2v) is 0.740. The molecule has 0 spiro atoms. The first-order valence-corrected chi connectivity index (χ1v) is 1.63. The van der Waals surface area contributed by atoms with Crippen LogP contribution in [0.4, 0.5) is 0 Å². The molecular formula is C3H8N2. The molecule has 0 amide bonds. The third-order valence-electron chi connectivity index (χ3n) is 0.288. The molecule has 0 aromatic rings. The molecule has 2 N–H and O–H groups in total. The van der Waals surface area contributed by atoms with E-state index in [-0.39, 0.29) is 0 Å². The summed E-state index contributed by atoms with van der Waals surface area (Å²) in [6, 6.07) is 0. The van der Waals surface area contributed by atoms with E-state index in [2.05, 4.69) is 5.10 Å². The largest absolute Gasteiger partial charge is 0.324 e. The van der Waals surface area contributed by atoms with Gasteiger partial charge in [-0.25, -0.2) is 0 Å². The van der Waals surface area contributed by atoms with E-state index in [0.717, 1.165) is 6.42 Å². The van der Waals surface area contributed by atoms with Crippen molar-refractivity contribution >= 4 is 6.21 Å². The van der Waals surface area contributed by atoms with Gasteiger partial charge in [-0.2, -0.15) is 5.10 Å². The lowest BCUT2D eigenvalue weighted by Crippen LogP contribution is -1.78. The molecule has 0 rings (SSSR count). The van der Waals surface area contributed by atoms with Gasteiger partial charge in [-0.1, -0.05) is 6.92 Å². The minimum atomic E-state index is 0.927. The molecule has 0 saturated heterocycles. The highest BCUT2D eigenvalue weighted by atomic mass is 15.1. The lowest BCUT2D eigenvalue weighted by Gasteiger charge is -1.66. The first-order chi connectivity index (χ1) is 2.41. The summed E-state index contributed by atoms with van der Waals surface area (Å²) in [5.74, 6) is 4.71. The van der Waals surface area contributed by atoms with Crippen molar-refractivity contribution in [2.45, 2.75) is 13.3 Å². The van der Waals surface area contributed by atoms with Crippen molar-refractivity contribution in [2.24, 2.45) is 10.9 Å². The fourth-order valence-corrected chi connectivity index (χ4v) is 0.105. The standard InChI is InChI=1S/C3H8N2/c1-2-3-5-4/h3H,2,4H2,1H3/b5-3+. The Hall–Kier alpha value is -0.530. The number of nitrogens with two attached hydrogens (primary N) is 1. The maximum absolute atomic E-state index is 4.71. The van der Waals surface area contributed by atoms with Crippen molar-refractivity contribution in [1.29, 1.82) is 0 Å². The smallest absolute Gasteiger partial charge is 0.0237 e. The maximum Gasteiger partial charge on any atom is 0.0237 e. The molecule has 30 valence electrons. The van der Waals surface area contributed by atoms with Crippen LogP contribution in [0.1, 0.15) is 13.3 Å². The Balaban J connectivity index is 2.62. The molecule has 0 atom stereocenters. The minimum absolute atomic E-state index is 0.927. The van der Waals surface area contributed by atoms with E-state index in [1.54, 1.807) is 6.21 Å². The van der Waals surface area contributed by atoms with Gasteiger partial charge in [0.2, 0.25) is 0 Å². The third kappa shape index (κ3) is 3.47. The summed E-state index contributed by atoms with van der Waals surface area (Å²) < 4.78 is 0. The van der Waals surface area contributed by atoms with Gasteiger partial charge in [0.15, 0.2) is 0 Å². The van der Waals surface area contributed by atoms with Crippen LogP contribution in [0.15, 0.2) is 5.10 Å². The number of hydrogen-bond acceptors (Lipinski definition) is 2. The second-order valence-electron chi connectivity index (χ2n) is 0.740. The second kappa shape index (κ2) is 3.47. The topological polar surface area (TPSA) is 38.4 Å². The molecule has 5 heavy (non-hydrogen) atoms.